The number of H-pyrrole nitrogens is 1. The van der Waals surface area contributed by atoms with Gasteiger partial charge in [0.05, 0.1) is 5.69 Å². The second kappa shape index (κ2) is 6.87. The van der Waals surface area contributed by atoms with E-state index in [4.69, 9.17) is 0 Å². The van der Waals surface area contributed by atoms with Gasteiger partial charge in [0.2, 0.25) is 5.91 Å². The molecule has 2 aromatic heterocycles. The van der Waals surface area contributed by atoms with Gasteiger partial charge in [0, 0.05) is 29.9 Å². The normalized spacial score (nSPS) is 10.5. The third kappa shape index (κ3) is 3.63. The van der Waals surface area contributed by atoms with Crippen molar-refractivity contribution in [2.45, 2.75) is 19.8 Å². The molecule has 0 saturated carbocycles. The molecule has 3 aromatic rings. The van der Waals surface area contributed by atoms with Gasteiger partial charge in [-0.15, -0.1) is 0 Å². The van der Waals surface area contributed by atoms with Crippen LogP contribution < -0.4 is 5.32 Å². The van der Waals surface area contributed by atoms with E-state index in [1.807, 2.05) is 49.4 Å². The van der Waals surface area contributed by atoms with E-state index >= 15 is 0 Å². The quantitative estimate of drug-likeness (QED) is 0.759. The van der Waals surface area contributed by atoms with Crippen LogP contribution >= 0.6 is 0 Å². The van der Waals surface area contributed by atoms with Crippen LogP contribution in [0.3, 0.4) is 0 Å². The largest absolute Gasteiger partial charge is 0.309 e. The number of hydrogen-bond acceptors (Lipinski definition) is 3. The molecule has 2 heterocycles. The molecule has 0 aliphatic heterocycles. The molecule has 0 fully saturated rings. The number of aromatic nitrogens is 3. The molecule has 5 nitrogen and oxygen atoms in total. The van der Waals surface area contributed by atoms with Gasteiger partial charge in [-0.3, -0.25) is 14.9 Å². The topological polar surface area (TPSA) is 70.7 Å². The van der Waals surface area contributed by atoms with Gasteiger partial charge in [-0.25, -0.2) is 0 Å². The minimum absolute atomic E-state index is 0.0373. The maximum atomic E-state index is 12.1. The van der Waals surface area contributed by atoms with E-state index in [1.54, 1.807) is 12.4 Å². The van der Waals surface area contributed by atoms with Gasteiger partial charge in [0.25, 0.3) is 0 Å². The molecule has 1 amide bonds. The number of pyridine rings is 1. The van der Waals surface area contributed by atoms with Crippen LogP contribution in [0.1, 0.15) is 17.5 Å². The lowest BCUT2D eigenvalue weighted by Crippen LogP contribution is -2.13. The first-order valence-corrected chi connectivity index (χ1v) is 7.53. The molecule has 116 valence electrons. The number of carbonyl (C=O) groups is 1. The van der Waals surface area contributed by atoms with Crippen LogP contribution in [0.2, 0.25) is 0 Å². The fourth-order valence-corrected chi connectivity index (χ4v) is 2.42. The Morgan fingerprint density at radius 1 is 1.13 bits per heavy atom. The van der Waals surface area contributed by atoms with E-state index in [9.17, 15) is 4.79 Å². The summed E-state index contributed by atoms with van der Waals surface area (Å²) in [5.41, 5.74) is 3.96. The molecule has 0 bridgehead atoms. The molecule has 0 aliphatic rings. The predicted molar refractivity (Wildman–Crippen MR) is 89.9 cm³/mol. The third-order valence-corrected chi connectivity index (χ3v) is 3.72. The maximum Gasteiger partial charge on any atom is 0.225 e. The van der Waals surface area contributed by atoms with Gasteiger partial charge in [-0.1, -0.05) is 30.3 Å². The fourth-order valence-electron chi connectivity index (χ4n) is 2.42. The summed E-state index contributed by atoms with van der Waals surface area (Å²) >= 11 is 0. The van der Waals surface area contributed by atoms with Crippen molar-refractivity contribution >= 4 is 11.7 Å². The van der Waals surface area contributed by atoms with E-state index in [2.05, 4.69) is 20.5 Å². The molecule has 1 aromatic carbocycles. The summed E-state index contributed by atoms with van der Waals surface area (Å²) in [5, 5.41) is 10.1. The number of rotatable bonds is 5. The zero-order chi connectivity index (χ0) is 16.1. The van der Waals surface area contributed by atoms with Crippen molar-refractivity contribution in [3.05, 3.63) is 66.0 Å². The molecule has 5 heteroatoms. The van der Waals surface area contributed by atoms with Gasteiger partial charge >= 0.3 is 0 Å². The first kappa shape index (κ1) is 15.0. The molecule has 23 heavy (non-hydrogen) atoms. The van der Waals surface area contributed by atoms with Gasteiger partial charge in [-0.05, 0) is 31.0 Å². The van der Waals surface area contributed by atoms with E-state index < -0.39 is 0 Å². The standard InChI is InChI=1S/C18H18N4O/c1-13-17(15-9-11-19-12-10-15)21-22-18(13)20-16(23)8-7-14-5-3-2-4-6-14/h2-6,9-12H,7-8H2,1H3,(H2,20,21,22,23). The number of benzene rings is 1. The number of carbonyl (C=O) groups excluding carboxylic acids is 1. The van der Waals surface area contributed by atoms with Crippen LogP contribution in [0.4, 0.5) is 5.82 Å². The summed E-state index contributed by atoms with van der Waals surface area (Å²) in [6.07, 6.45) is 4.61. The van der Waals surface area contributed by atoms with Crippen molar-refractivity contribution in [2.75, 3.05) is 5.32 Å². The SMILES string of the molecule is Cc1c(NC(=O)CCc2ccccc2)n[nH]c1-c1ccncc1. The first-order chi connectivity index (χ1) is 11.2. The molecule has 0 atom stereocenters. The number of nitrogens with one attached hydrogen (secondary N) is 2. The van der Waals surface area contributed by atoms with Crippen LogP contribution in [0.15, 0.2) is 54.9 Å². The second-order valence-corrected chi connectivity index (χ2v) is 5.34. The van der Waals surface area contributed by atoms with Crippen LogP contribution in [0, 0.1) is 6.92 Å². The molecule has 2 N–H and O–H groups in total. The highest BCUT2D eigenvalue weighted by atomic mass is 16.1. The van der Waals surface area contributed by atoms with Crippen molar-refractivity contribution in [1.82, 2.24) is 15.2 Å². The lowest BCUT2D eigenvalue weighted by Gasteiger charge is -2.04. The Bertz CT molecular complexity index is 781. The Labute approximate surface area is 134 Å². The van der Waals surface area contributed by atoms with E-state index in [0.29, 0.717) is 18.7 Å². The molecular weight excluding hydrogens is 288 g/mol. The first-order valence-electron chi connectivity index (χ1n) is 7.53. The Morgan fingerprint density at radius 2 is 1.87 bits per heavy atom. The summed E-state index contributed by atoms with van der Waals surface area (Å²) in [6, 6.07) is 13.8. The van der Waals surface area contributed by atoms with Gasteiger partial charge in [0.1, 0.15) is 0 Å². The summed E-state index contributed by atoms with van der Waals surface area (Å²) in [7, 11) is 0. The Hall–Kier alpha value is -2.95. The van der Waals surface area contributed by atoms with Crippen molar-refractivity contribution in [3.63, 3.8) is 0 Å². The average molecular weight is 306 g/mol. The van der Waals surface area contributed by atoms with Gasteiger partial charge in [-0.2, -0.15) is 5.10 Å². The predicted octanol–water partition coefficient (Wildman–Crippen LogP) is 3.35. The molecule has 0 spiro atoms. The number of amides is 1. The van der Waals surface area contributed by atoms with Crippen molar-refractivity contribution in [2.24, 2.45) is 0 Å². The van der Waals surface area contributed by atoms with Crippen molar-refractivity contribution in [3.8, 4) is 11.3 Å². The zero-order valence-corrected chi connectivity index (χ0v) is 12.9. The number of aromatic amines is 1. The third-order valence-electron chi connectivity index (χ3n) is 3.72. The molecule has 0 aliphatic carbocycles. The highest BCUT2D eigenvalue weighted by molar-refractivity contribution is 5.91. The molecule has 0 radical (unpaired) electrons. The lowest BCUT2D eigenvalue weighted by molar-refractivity contribution is -0.116. The highest BCUT2D eigenvalue weighted by Gasteiger charge is 2.13. The summed E-state index contributed by atoms with van der Waals surface area (Å²) in [5.74, 6) is 0.541. The Balaban J connectivity index is 1.64. The number of anilines is 1. The van der Waals surface area contributed by atoms with Crippen LogP contribution in [0.25, 0.3) is 11.3 Å². The lowest BCUT2D eigenvalue weighted by atomic mass is 10.1. The average Bonchev–Trinajstić information content (AvgIpc) is 2.95. The number of nitrogens with zero attached hydrogens (tertiary/aromatic N) is 2. The van der Waals surface area contributed by atoms with Crippen LogP contribution in [-0.4, -0.2) is 21.1 Å². The van der Waals surface area contributed by atoms with E-state index in [0.717, 1.165) is 22.4 Å². The molecule has 0 unspecified atom stereocenters. The van der Waals surface area contributed by atoms with Gasteiger partial charge < -0.3 is 5.32 Å². The van der Waals surface area contributed by atoms with Crippen molar-refractivity contribution < 1.29 is 4.79 Å². The summed E-state index contributed by atoms with van der Waals surface area (Å²) in [6.45, 7) is 1.94. The van der Waals surface area contributed by atoms with Crippen molar-refractivity contribution in [1.29, 1.82) is 0 Å². The van der Waals surface area contributed by atoms with E-state index in [-0.39, 0.29) is 5.91 Å². The summed E-state index contributed by atoms with van der Waals surface area (Å²) in [4.78, 5) is 16.1. The Kier molecular flexibility index (Phi) is 4.47. The smallest absolute Gasteiger partial charge is 0.225 e. The van der Waals surface area contributed by atoms with Crippen LogP contribution in [0.5, 0.6) is 0 Å². The number of hydrogen-bond donors (Lipinski definition) is 2. The monoisotopic (exact) mass is 306 g/mol. The van der Waals surface area contributed by atoms with Gasteiger partial charge in [0.15, 0.2) is 5.82 Å². The number of aryl methyl sites for hydroxylation is 1. The van der Waals surface area contributed by atoms with E-state index in [1.165, 1.54) is 0 Å². The molecule has 0 saturated heterocycles. The summed E-state index contributed by atoms with van der Waals surface area (Å²) < 4.78 is 0. The molecule has 3 rings (SSSR count). The van der Waals surface area contributed by atoms with Crippen LogP contribution in [-0.2, 0) is 11.2 Å². The maximum absolute atomic E-state index is 12.1. The zero-order valence-electron chi connectivity index (χ0n) is 12.9. The highest BCUT2D eigenvalue weighted by Crippen LogP contribution is 2.25. The fraction of sp³-hybridized carbons (Fsp3) is 0.167. The Morgan fingerprint density at radius 3 is 2.61 bits per heavy atom. The second-order valence-electron chi connectivity index (χ2n) is 5.34. The minimum Gasteiger partial charge on any atom is -0.309 e. The minimum atomic E-state index is -0.0373. The molecular formula is C18H18N4O.